The fourth-order valence-corrected chi connectivity index (χ4v) is 4.28. The molecular formula is C17H19P. The lowest BCUT2D eigenvalue weighted by atomic mass is 10.3. The van der Waals surface area contributed by atoms with Crippen LogP contribution < -0.4 is 10.6 Å². The summed E-state index contributed by atoms with van der Waals surface area (Å²) in [7, 11) is -0.296. The second-order valence-corrected chi connectivity index (χ2v) is 6.57. The molecule has 0 aliphatic carbocycles. The maximum Gasteiger partial charge on any atom is -0.00367 e. The van der Waals surface area contributed by atoms with E-state index in [1.165, 1.54) is 16.2 Å². The molecule has 0 N–H and O–H groups in total. The van der Waals surface area contributed by atoms with Gasteiger partial charge in [-0.05, 0) is 31.1 Å². The van der Waals surface area contributed by atoms with Gasteiger partial charge in [-0.25, -0.2) is 0 Å². The van der Waals surface area contributed by atoms with Crippen molar-refractivity contribution in [1.29, 1.82) is 0 Å². The average Bonchev–Trinajstić information content (AvgIpc) is 2.46. The Kier molecular flexibility index (Phi) is 4.73. The molecule has 0 aliphatic rings. The number of benzene rings is 2. The maximum absolute atomic E-state index is 4.18. The average molecular weight is 254 g/mol. The summed E-state index contributed by atoms with van der Waals surface area (Å²) in [6.45, 7) is 6.37. The van der Waals surface area contributed by atoms with Crippen LogP contribution in [-0.4, -0.2) is 6.16 Å². The molecule has 18 heavy (non-hydrogen) atoms. The summed E-state index contributed by atoms with van der Waals surface area (Å²) in [5, 5.41) is 2.88. The highest BCUT2D eigenvalue weighted by atomic mass is 31.1. The molecule has 0 unspecified atom stereocenters. The molecule has 0 radical (unpaired) electrons. The van der Waals surface area contributed by atoms with Gasteiger partial charge in [0.15, 0.2) is 0 Å². The van der Waals surface area contributed by atoms with Gasteiger partial charge < -0.3 is 0 Å². The van der Waals surface area contributed by atoms with Crippen LogP contribution >= 0.6 is 7.92 Å². The standard InChI is InChI=1S/C17H19P/c1-3-15(2)14-18(16-10-6-4-7-11-16)17-12-8-5-9-13-17/h4-13H,2-3,14H2,1H3. The molecule has 0 aliphatic heterocycles. The third-order valence-corrected chi connectivity index (χ3v) is 5.62. The van der Waals surface area contributed by atoms with Gasteiger partial charge in [0, 0.05) is 0 Å². The fraction of sp³-hybridized carbons (Fsp3) is 0.176. The molecule has 0 saturated heterocycles. The van der Waals surface area contributed by atoms with Crippen LogP contribution in [0.1, 0.15) is 13.3 Å². The predicted octanol–water partition coefficient (Wildman–Crippen LogP) is 4.09. The van der Waals surface area contributed by atoms with Gasteiger partial charge in [0.2, 0.25) is 0 Å². The van der Waals surface area contributed by atoms with E-state index in [1.807, 2.05) is 0 Å². The van der Waals surface area contributed by atoms with E-state index in [9.17, 15) is 0 Å². The van der Waals surface area contributed by atoms with Crippen LogP contribution in [0.25, 0.3) is 0 Å². The Balaban J connectivity index is 2.32. The Bertz CT molecular complexity index is 448. The van der Waals surface area contributed by atoms with E-state index in [-0.39, 0.29) is 7.92 Å². The molecule has 0 heterocycles. The van der Waals surface area contributed by atoms with Crippen molar-refractivity contribution < 1.29 is 0 Å². The summed E-state index contributed by atoms with van der Waals surface area (Å²) < 4.78 is 0. The van der Waals surface area contributed by atoms with Crippen molar-refractivity contribution in [3.8, 4) is 0 Å². The molecule has 1 heteroatoms. The molecular weight excluding hydrogens is 235 g/mol. The first-order chi connectivity index (χ1) is 8.81. The molecule has 92 valence electrons. The van der Waals surface area contributed by atoms with Gasteiger partial charge in [0.1, 0.15) is 0 Å². The monoisotopic (exact) mass is 254 g/mol. The van der Waals surface area contributed by atoms with Crippen molar-refractivity contribution in [2.75, 3.05) is 6.16 Å². The first-order valence-corrected chi connectivity index (χ1v) is 7.88. The lowest BCUT2D eigenvalue weighted by molar-refractivity contribution is 1.11. The number of hydrogen-bond donors (Lipinski definition) is 0. The smallest absolute Gasteiger partial charge is 0.00367 e. The first kappa shape index (κ1) is 13.1. The van der Waals surface area contributed by atoms with E-state index < -0.39 is 0 Å². The largest absolute Gasteiger partial charge is 0.0995 e. The maximum atomic E-state index is 4.18. The molecule has 0 fully saturated rings. The summed E-state index contributed by atoms with van der Waals surface area (Å²) in [6, 6.07) is 21.6. The summed E-state index contributed by atoms with van der Waals surface area (Å²) in [6.07, 6.45) is 2.17. The Morgan fingerprint density at radius 3 is 1.72 bits per heavy atom. The summed E-state index contributed by atoms with van der Waals surface area (Å²) in [5.74, 6) is 0. The summed E-state index contributed by atoms with van der Waals surface area (Å²) in [4.78, 5) is 0. The molecule has 0 spiro atoms. The lowest BCUT2D eigenvalue weighted by Gasteiger charge is -2.19. The Hall–Kier alpha value is -1.39. The third kappa shape index (κ3) is 3.31. The van der Waals surface area contributed by atoms with Crippen LogP contribution in [0.4, 0.5) is 0 Å². The minimum absolute atomic E-state index is 0.296. The molecule has 0 atom stereocenters. The van der Waals surface area contributed by atoms with Crippen molar-refractivity contribution in [1.82, 2.24) is 0 Å². The van der Waals surface area contributed by atoms with Crippen LogP contribution in [-0.2, 0) is 0 Å². The zero-order valence-electron chi connectivity index (χ0n) is 10.8. The van der Waals surface area contributed by atoms with Gasteiger partial charge in [-0.3, -0.25) is 0 Å². The highest BCUT2D eigenvalue weighted by molar-refractivity contribution is 7.73. The highest BCUT2D eigenvalue weighted by Crippen LogP contribution is 2.35. The van der Waals surface area contributed by atoms with Crippen LogP contribution in [0.3, 0.4) is 0 Å². The molecule has 2 aromatic carbocycles. The van der Waals surface area contributed by atoms with Gasteiger partial charge in [-0.1, -0.05) is 79.7 Å². The van der Waals surface area contributed by atoms with E-state index in [1.54, 1.807) is 0 Å². The van der Waals surface area contributed by atoms with Gasteiger partial charge >= 0.3 is 0 Å². The van der Waals surface area contributed by atoms with Gasteiger partial charge in [-0.2, -0.15) is 0 Å². The molecule has 2 rings (SSSR count). The van der Waals surface area contributed by atoms with Gasteiger partial charge in [-0.15, -0.1) is 0 Å². The van der Waals surface area contributed by atoms with E-state index in [4.69, 9.17) is 0 Å². The van der Waals surface area contributed by atoms with E-state index in [2.05, 4.69) is 74.2 Å². The number of allylic oxidation sites excluding steroid dienone is 1. The van der Waals surface area contributed by atoms with Crippen molar-refractivity contribution in [2.24, 2.45) is 0 Å². The molecule has 0 saturated carbocycles. The molecule has 0 bridgehead atoms. The van der Waals surface area contributed by atoms with Crippen LogP contribution in [0, 0.1) is 0 Å². The van der Waals surface area contributed by atoms with Crippen molar-refractivity contribution in [3.63, 3.8) is 0 Å². The molecule has 0 amide bonds. The van der Waals surface area contributed by atoms with Gasteiger partial charge in [0.25, 0.3) is 0 Å². The lowest BCUT2D eigenvalue weighted by Crippen LogP contribution is -2.14. The minimum atomic E-state index is -0.296. The minimum Gasteiger partial charge on any atom is -0.0995 e. The van der Waals surface area contributed by atoms with E-state index >= 15 is 0 Å². The van der Waals surface area contributed by atoms with Crippen LogP contribution in [0.5, 0.6) is 0 Å². The van der Waals surface area contributed by atoms with Crippen molar-refractivity contribution in [2.45, 2.75) is 13.3 Å². The number of rotatable bonds is 5. The quantitative estimate of drug-likeness (QED) is 0.557. The zero-order valence-corrected chi connectivity index (χ0v) is 11.7. The fourth-order valence-electron chi connectivity index (χ4n) is 1.88. The highest BCUT2D eigenvalue weighted by Gasteiger charge is 2.13. The Morgan fingerprint density at radius 2 is 1.33 bits per heavy atom. The summed E-state index contributed by atoms with van der Waals surface area (Å²) >= 11 is 0. The number of hydrogen-bond acceptors (Lipinski definition) is 0. The second-order valence-electron chi connectivity index (χ2n) is 4.36. The van der Waals surface area contributed by atoms with E-state index in [0.717, 1.165) is 12.6 Å². The predicted molar refractivity (Wildman–Crippen MR) is 83.4 cm³/mol. The first-order valence-electron chi connectivity index (χ1n) is 6.35. The van der Waals surface area contributed by atoms with Gasteiger partial charge in [0.05, 0.1) is 0 Å². The van der Waals surface area contributed by atoms with Crippen molar-refractivity contribution >= 4 is 18.5 Å². The summed E-state index contributed by atoms with van der Waals surface area (Å²) in [5.41, 5.74) is 1.34. The van der Waals surface area contributed by atoms with Crippen LogP contribution in [0.15, 0.2) is 72.8 Å². The second kappa shape index (κ2) is 6.52. The SMILES string of the molecule is C=C(CC)CP(c1ccccc1)c1ccccc1. The molecule has 2 aromatic rings. The third-order valence-electron chi connectivity index (χ3n) is 3.02. The Labute approximate surface area is 111 Å². The molecule has 0 nitrogen and oxygen atoms in total. The zero-order chi connectivity index (χ0) is 12.8. The van der Waals surface area contributed by atoms with Crippen LogP contribution in [0.2, 0.25) is 0 Å². The van der Waals surface area contributed by atoms with Crippen molar-refractivity contribution in [3.05, 3.63) is 72.8 Å². The normalized spacial score (nSPS) is 10.6. The topological polar surface area (TPSA) is 0 Å². The van der Waals surface area contributed by atoms with E-state index in [0.29, 0.717) is 0 Å². The molecule has 0 aromatic heterocycles. The Morgan fingerprint density at radius 1 is 0.889 bits per heavy atom.